The molecule has 0 radical (unpaired) electrons. The Morgan fingerprint density at radius 2 is 1.81 bits per heavy atom. The van der Waals surface area contributed by atoms with E-state index in [-0.39, 0.29) is 0 Å². The van der Waals surface area contributed by atoms with E-state index in [1.165, 1.54) is 0 Å². The Hall–Kier alpha value is -1.35. The average molecular weight is 217 g/mol. The molecule has 86 valence electrons. The highest BCUT2D eigenvalue weighted by Crippen LogP contribution is 2.08. The molecule has 0 spiro atoms. The summed E-state index contributed by atoms with van der Waals surface area (Å²) in [6, 6.07) is 10.0. The number of benzene rings is 1. The highest BCUT2D eigenvalue weighted by molar-refractivity contribution is 5.96. The van der Waals surface area contributed by atoms with Crippen LogP contribution in [0.4, 0.5) is 0 Å². The zero-order chi connectivity index (χ0) is 11.4. The van der Waals surface area contributed by atoms with Crippen molar-refractivity contribution < 1.29 is 0 Å². The molecule has 0 aliphatic carbocycles. The minimum Gasteiger partial charge on any atom is -0.355 e. The van der Waals surface area contributed by atoms with Gasteiger partial charge in [0.05, 0.1) is 0 Å². The second kappa shape index (κ2) is 5.12. The quantitative estimate of drug-likeness (QED) is 0.572. The van der Waals surface area contributed by atoms with Crippen LogP contribution in [0.5, 0.6) is 0 Å². The monoisotopic (exact) mass is 217 g/mol. The van der Waals surface area contributed by atoms with Crippen molar-refractivity contribution in [3.63, 3.8) is 0 Å². The maximum Gasteiger partial charge on any atom is 0.128 e. The van der Waals surface area contributed by atoms with E-state index in [0.29, 0.717) is 5.84 Å². The van der Waals surface area contributed by atoms with E-state index in [1.807, 2.05) is 30.3 Å². The maximum absolute atomic E-state index is 8.19. The fourth-order valence-electron chi connectivity index (χ4n) is 2.05. The summed E-state index contributed by atoms with van der Waals surface area (Å²) in [5, 5.41) is 8.19. The van der Waals surface area contributed by atoms with Crippen molar-refractivity contribution in [3.8, 4) is 0 Å². The number of nitrogens with zero attached hydrogens (tertiary/aromatic N) is 2. The van der Waals surface area contributed by atoms with Gasteiger partial charge in [-0.2, -0.15) is 0 Å². The SMILES string of the molecule is CN1CCCN(C(=N)c2ccccc2)CC1. The largest absolute Gasteiger partial charge is 0.355 e. The predicted molar refractivity (Wildman–Crippen MR) is 67.0 cm³/mol. The topological polar surface area (TPSA) is 30.3 Å². The molecule has 0 saturated carbocycles. The molecule has 1 heterocycles. The van der Waals surface area contributed by atoms with E-state index in [1.54, 1.807) is 0 Å². The third kappa shape index (κ3) is 2.61. The molecule has 2 rings (SSSR count). The van der Waals surface area contributed by atoms with E-state index in [2.05, 4.69) is 16.8 Å². The van der Waals surface area contributed by atoms with Crippen LogP contribution in [0.2, 0.25) is 0 Å². The second-order valence-electron chi connectivity index (χ2n) is 4.36. The number of hydrogen-bond donors (Lipinski definition) is 1. The molecule has 1 aromatic carbocycles. The van der Waals surface area contributed by atoms with E-state index >= 15 is 0 Å². The molecular formula is C13H19N3. The number of likely N-dealkylation sites (N-methyl/N-ethyl adjacent to an activating group) is 1. The van der Waals surface area contributed by atoms with Gasteiger partial charge in [0.25, 0.3) is 0 Å². The van der Waals surface area contributed by atoms with Crippen LogP contribution in [-0.4, -0.2) is 48.9 Å². The fraction of sp³-hybridized carbons (Fsp3) is 0.462. The van der Waals surface area contributed by atoms with Gasteiger partial charge in [-0.25, -0.2) is 0 Å². The smallest absolute Gasteiger partial charge is 0.128 e. The Morgan fingerprint density at radius 1 is 1.06 bits per heavy atom. The summed E-state index contributed by atoms with van der Waals surface area (Å²) in [6.45, 7) is 4.15. The maximum atomic E-state index is 8.19. The first-order chi connectivity index (χ1) is 7.77. The molecule has 1 fully saturated rings. The molecule has 1 aliphatic heterocycles. The van der Waals surface area contributed by atoms with Gasteiger partial charge >= 0.3 is 0 Å². The lowest BCUT2D eigenvalue weighted by Gasteiger charge is -2.23. The van der Waals surface area contributed by atoms with E-state index < -0.39 is 0 Å². The molecule has 1 N–H and O–H groups in total. The van der Waals surface area contributed by atoms with Gasteiger partial charge in [-0.1, -0.05) is 30.3 Å². The van der Waals surface area contributed by atoms with Crippen molar-refractivity contribution in [3.05, 3.63) is 35.9 Å². The summed E-state index contributed by atoms with van der Waals surface area (Å²) in [5.41, 5.74) is 1.02. The van der Waals surface area contributed by atoms with Crippen LogP contribution in [0, 0.1) is 5.41 Å². The minimum atomic E-state index is 0.663. The summed E-state index contributed by atoms with van der Waals surface area (Å²) in [5.74, 6) is 0.663. The Balaban J connectivity index is 2.04. The van der Waals surface area contributed by atoms with Crippen LogP contribution in [0.3, 0.4) is 0 Å². The van der Waals surface area contributed by atoms with Crippen molar-refractivity contribution in [2.75, 3.05) is 33.2 Å². The Morgan fingerprint density at radius 3 is 2.56 bits per heavy atom. The van der Waals surface area contributed by atoms with Crippen molar-refractivity contribution >= 4 is 5.84 Å². The number of hydrogen-bond acceptors (Lipinski definition) is 2. The molecule has 0 atom stereocenters. The number of rotatable bonds is 1. The molecule has 3 nitrogen and oxygen atoms in total. The van der Waals surface area contributed by atoms with Crippen LogP contribution >= 0.6 is 0 Å². The number of amidine groups is 1. The van der Waals surface area contributed by atoms with Crippen molar-refractivity contribution in [2.45, 2.75) is 6.42 Å². The lowest BCUT2D eigenvalue weighted by atomic mass is 10.2. The van der Waals surface area contributed by atoms with Gasteiger partial charge < -0.3 is 9.80 Å². The molecule has 0 bridgehead atoms. The highest BCUT2D eigenvalue weighted by atomic mass is 15.2. The summed E-state index contributed by atoms with van der Waals surface area (Å²) >= 11 is 0. The standard InChI is InChI=1S/C13H19N3/c1-15-8-5-9-16(11-10-15)13(14)12-6-3-2-4-7-12/h2-4,6-7,14H,5,8-11H2,1H3. The summed E-state index contributed by atoms with van der Waals surface area (Å²) in [6.07, 6.45) is 1.14. The van der Waals surface area contributed by atoms with E-state index in [0.717, 1.165) is 38.2 Å². The van der Waals surface area contributed by atoms with Gasteiger partial charge in [0.1, 0.15) is 5.84 Å². The van der Waals surface area contributed by atoms with Gasteiger partial charge in [0.2, 0.25) is 0 Å². The summed E-state index contributed by atoms with van der Waals surface area (Å²) in [7, 11) is 2.15. The lowest BCUT2D eigenvalue weighted by Crippen LogP contribution is -2.34. The molecule has 0 aromatic heterocycles. The van der Waals surface area contributed by atoms with Gasteiger partial charge in [0.15, 0.2) is 0 Å². The van der Waals surface area contributed by atoms with Crippen molar-refractivity contribution in [2.24, 2.45) is 0 Å². The molecule has 1 aliphatic rings. The zero-order valence-electron chi connectivity index (χ0n) is 9.82. The third-order valence-corrected chi connectivity index (χ3v) is 3.08. The molecule has 1 aromatic rings. The van der Waals surface area contributed by atoms with Crippen LogP contribution < -0.4 is 0 Å². The van der Waals surface area contributed by atoms with Gasteiger partial charge in [-0.3, -0.25) is 5.41 Å². The zero-order valence-corrected chi connectivity index (χ0v) is 9.82. The Labute approximate surface area is 97.2 Å². The first-order valence-electron chi connectivity index (χ1n) is 5.85. The highest BCUT2D eigenvalue weighted by Gasteiger charge is 2.15. The van der Waals surface area contributed by atoms with Crippen LogP contribution in [0.15, 0.2) is 30.3 Å². The molecule has 3 heteroatoms. The Kier molecular flexibility index (Phi) is 3.57. The molecule has 0 amide bonds. The lowest BCUT2D eigenvalue weighted by molar-refractivity contribution is 0.346. The summed E-state index contributed by atoms with van der Waals surface area (Å²) < 4.78 is 0. The van der Waals surface area contributed by atoms with Crippen LogP contribution in [0.25, 0.3) is 0 Å². The van der Waals surface area contributed by atoms with Crippen molar-refractivity contribution in [1.29, 1.82) is 5.41 Å². The van der Waals surface area contributed by atoms with E-state index in [4.69, 9.17) is 5.41 Å². The second-order valence-corrected chi connectivity index (χ2v) is 4.36. The third-order valence-electron chi connectivity index (χ3n) is 3.08. The average Bonchev–Trinajstić information content (AvgIpc) is 2.54. The van der Waals surface area contributed by atoms with Gasteiger partial charge in [-0.05, 0) is 20.0 Å². The minimum absolute atomic E-state index is 0.663. The molecule has 16 heavy (non-hydrogen) atoms. The molecule has 1 saturated heterocycles. The van der Waals surface area contributed by atoms with Crippen LogP contribution in [0.1, 0.15) is 12.0 Å². The normalized spacial score (nSPS) is 18.2. The Bertz CT molecular complexity index is 347. The van der Waals surface area contributed by atoms with Crippen molar-refractivity contribution in [1.82, 2.24) is 9.80 Å². The first-order valence-corrected chi connectivity index (χ1v) is 5.85. The molecular weight excluding hydrogens is 198 g/mol. The van der Waals surface area contributed by atoms with Gasteiger partial charge in [0, 0.05) is 25.2 Å². The summed E-state index contributed by atoms with van der Waals surface area (Å²) in [4.78, 5) is 4.51. The van der Waals surface area contributed by atoms with E-state index in [9.17, 15) is 0 Å². The predicted octanol–water partition coefficient (Wildman–Crippen LogP) is 1.65. The fourth-order valence-corrected chi connectivity index (χ4v) is 2.05. The van der Waals surface area contributed by atoms with Gasteiger partial charge in [-0.15, -0.1) is 0 Å². The van der Waals surface area contributed by atoms with Crippen LogP contribution in [-0.2, 0) is 0 Å². The first kappa shape index (κ1) is 11.1. The molecule has 0 unspecified atom stereocenters. The number of nitrogens with one attached hydrogen (secondary N) is 1.